The quantitative estimate of drug-likeness (QED) is 0.822. The molecule has 2 aromatic rings. The maximum atomic E-state index is 12.5. The van der Waals surface area contributed by atoms with Crippen molar-refractivity contribution in [2.45, 2.75) is 11.8 Å². The molecule has 0 aliphatic carbocycles. The van der Waals surface area contributed by atoms with E-state index in [1.54, 1.807) is 19.1 Å². The normalized spacial score (nSPS) is 10.4. The summed E-state index contributed by atoms with van der Waals surface area (Å²) in [7, 11) is -4.07. The first-order valence-electron chi connectivity index (χ1n) is 7.16. The molecule has 0 amide bonds. The van der Waals surface area contributed by atoms with Crippen molar-refractivity contribution >= 4 is 21.7 Å². The molecule has 126 valence electrons. The highest BCUT2D eigenvalue weighted by atomic mass is 32.2. The van der Waals surface area contributed by atoms with E-state index < -0.39 is 16.0 Å². The summed E-state index contributed by atoms with van der Waals surface area (Å²) in [4.78, 5) is 11.3. The molecule has 7 nitrogen and oxygen atoms in total. The molecule has 8 heteroatoms. The lowest BCUT2D eigenvalue weighted by atomic mass is 10.1. The molecule has 0 radical (unpaired) electrons. The zero-order valence-corrected chi connectivity index (χ0v) is 14.0. The second-order valence-electron chi connectivity index (χ2n) is 4.81. The van der Waals surface area contributed by atoms with Crippen LogP contribution in [-0.2, 0) is 14.8 Å². The van der Waals surface area contributed by atoms with E-state index in [0.717, 1.165) is 0 Å². The fourth-order valence-corrected chi connectivity index (χ4v) is 3.30. The van der Waals surface area contributed by atoms with Gasteiger partial charge in [-0.25, -0.2) is 13.2 Å². The van der Waals surface area contributed by atoms with Crippen LogP contribution in [0.3, 0.4) is 0 Å². The largest absolute Gasteiger partial charge is 0.462 e. The van der Waals surface area contributed by atoms with Gasteiger partial charge in [0.25, 0.3) is 10.0 Å². The van der Waals surface area contributed by atoms with Crippen LogP contribution in [0.5, 0.6) is 0 Å². The number of nitriles is 2. The van der Waals surface area contributed by atoms with Gasteiger partial charge in [0.2, 0.25) is 0 Å². The molecule has 0 bridgehead atoms. The molecular formula is C17H13N3O4S. The smallest absolute Gasteiger partial charge is 0.338 e. The molecule has 0 unspecified atom stereocenters. The maximum absolute atomic E-state index is 12.5. The van der Waals surface area contributed by atoms with Crippen LogP contribution in [0.1, 0.15) is 28.4 Å². The van der Waals surface area contributed by atoms with Gasteiger partial charge in [0.15, 0.2) is 0 Å². The first-order chi connectivity index (χ1) is 11.9. The molecule has 0 saturated heterocycles. The predicted molar refractivity (Wildman–Crippen MR) is 89.1 cm³/mol. The van der Waals surface area contributed by atoms with E-state index in [9.17, 15) is 13.2 Å². The number of hydrogen-bond donors (Lipinski definition) is 1. The Labute approximate surface area is 145 Å². The number of anilines is 1. The van der Waals surface area contributed by atoms with Gasteiger partial charge in [-0.1, -0.05) is 6.07 Å². The minimum absolute atomic E-state index is 0.0250. The van der Waals surface area contributed by atoms with E-state index in [0.29, 0.717) is 0 Å². The number of sulfonamides is 1. The third-order valence-electron chi connectivity index (χ3n) is 3.20. The summed E-state index contributed by atoms with van der Waals surface area (Å²) in [6, 6.07) is 13.2. The van der Waals surface area contributed by atoms with E-state index in [2.05, 4.69) is 4.72 Å². The van der Waals surface area contributed by atoms with E-state index in [-0.39, 0.29) is 33.9 Å². The molecule has 1 N–H and O–H groups in total. The third-order valence-corrected chi connectivity index (χ3v) is 4.62. The molecule has 0 aliphatic rings. The summed E-state index contributed by atoms with van der Waals surface area (Å²) in [5, 5.41) is 18.2. The highest BCUT2D eigenvalue weighted by Crippen LogP contribution is 2.22. The lowest BCUT2D eigenvalue weighted by Crippen LogP contribution is -2.15. The van der Waals surface area contributed by atoms with Gasteiger partial charge < -0.3 is 4.74 Å². The van der Waals surface area contributed by atoms with Crippen molar-refractivity contribution in [3.05, 3.63) is 59.2 Å². The van der Waals surface area contributed by atoms with Gasteiger partial charge in [0.05, 0.1) is 23.3 Å². The van der Waals surface area contributed by atoms with Crippen LogP contribution in [0.4, 0.5) is 5.69 Å². The van der Waals surface area contributed by atoms with E-state index >= 15 is 0 Å². The van der Waals surface area contributed by atoms with Crippen molar-refractivity contribution in [3.63, 3.8) is 0 Å². The third kappa shape index (κ3) is 3.94. The minimum Gasteiger partial charge on any atom is -0.462 e. The van der Waals surface area contributed by atoms with E-state index in [4.69, 9.17) is 15.3 Å². The van der Waals surface area contributed by atoms with E-state index in [1.807, 2.05) is 0 Å². The highest BCUT2D eigenvalue weighted by Gasteiger charge is 2.21. The Balaban J connectivity index is 2.33. The second kappa shape index (κ2) is 7.47. The number of benzene rings is 2. The second-order valence-corrected chi connectivity index (χ2v) is 6.46. The molecule has 2 aromatic carbocycles. The molecule has 0 heterocycles. The number of nitrogens with zero attached hydrogens (tertiary/aromatic N) is 2. The van der Waals surface area contributed by atoms with Crippen LogP contribution in [-0.4, -0.2) is 21.0 Å². The van der Waals surface area contributed by atoms with Crippen LogP contribution in [0.2, 0.25) is 0 Å². The van der Waals surface area contributed by atoms with Crippen LogP contribution in [0.15, 0.2) is 47.4 Å². The summed E-state index contributed by atoms with van der Waals surface area (Å²) in [6.07, 6.45) is 0. The zero-order chi connectivity index (χ0) is 18.4. The topological polar surface area (TPSA) is 120 Å². The van der Waals surface area contributed by atoms with Crippen molar-refractivity contribution in [1.82, 2.24) is 0 Å². The van der Waals surface area contributed by atoms with Crippen LogP contribution in [0, 0.1) is 22.7 Å². The molecule has 0 saturated carbocycles. The molecule has 0 spiro atoms. The Morgan fingerprint density at radius 3 is 2.36 bits per heavy atom. The van der Waals surface area contributed by atoms with Crippen LogP contribution >= 0.6 is 0 Å². The molecule has 2 rings (SSSR count). The summed E-state index contributed by atoms with van der Waals surface area (Å²) in [6.45, 7) is 1.92. The van der Waals surface area contributed by atoms with Crippen LogP contribution in [0.25, 0.3) is 0 Å². The molecule has 0 aromatic heterocycles. The summed E-state index contributed by atoms with van der Waals surface area (Å²) < 4.78 is 32.2. The SMILES string of the molecule is CCOC(=O)c1ccc(NS(=O)(=O)c2cccc(C#N)c2C#N)cc1. The lowest BCUT2D eigenvalue weighted by Gasteiger charge is -2.10. The molecule has 0 aliphatic heterocycles. The molecule has 25 heavy (non-hydrogen) atoms. The Morgan fingerprint density at radius 1 is 1.12 bits per heavy atom. The van der Waals surface area contributed by atoms with Crippen molar-refractivity contribution in [2.24, 2.45) is 0 Å². The maximum Gasteiger partial charge on any atom is 0.338 e. The minimum atomic E-state index is -4.07. The first kappa shape index (κ1) is 18.0. The number of esters is 1. The number of carbonyl (C=O) groups is 1. The average molecular weight is 355 g/mol. The monoisotopic (exact) mass is 355 g/mol. The fourth-order valence-electron chi connectivity index (χ4n) is 2.06. The standard InChI is InChI=1S/C17H13N3O4S/c1-2-24-17(21)12-6-8-14(9-7-12)20-25(22,23)16-5-3-4-13(10-18)15(16)11-19/h3-9,20H,2H2,1H3. The molecule has 0 fully saturated rings. The Bertz CT molecular complexity index is 984. The molecule has 0 atom stereocenters. The summed E-state index contributed by atoms with van der Waals surface area (Å²) >= 11 is 0. The van der Waals surface area contributed by atoms with Gasteiger partial charge >= 0.3 is 5.97 Å². The van der Waals surface area contributed by atoms with Crippen molar-refractivity contribution in [3.8, 4) is 12.1 Å². The number of nitrogens with one attached hydrogen (secondary N) is 1. The van der Waals surface area contributed by atoms with Crippen molar-refractivity contribution < 1.29 is 17.9 Å². The average Bonchev–Trinajstić information content (AvgIpc) is 2.61. The first-order valence-corrected chi connectivity index (χ1v) is 8.64. The van der Waals surface area contributed by atoms with E-state index in [1.165, 1.54) is 42.5 Å². The van der Waals surface area contributed by atoms with Gasteiger partial charge in [0, 0.05) is 5.69 Å². The number of carbonyl (C=O) groups excluding carboxylic acids is 1. The number of rotatable bonds is 5. The Morgan fingerprint density at radius 2 is 1.80 bits per heavy atom. The van der Waals surface area contributed by atoms with Crippen LogP contribution < -0.4 is 4.72 Å². The van der Waals surface area contributed by atoms with Crippen molar-refractivity contribution in [1.29, 1.82) is 10.5 Å². The van der Waals surface area contributed by atoms with Gasteiger partial charge in [-0.3, -0.25) is 4.72 Å². The molecular weight excluding hydrogens is 342 g/mol. The van der Waals surface area contributed by atoms with Gasteiger partial charge in [-0.15, -0.1) is 0 Å². The number of hydrogen-bond acceptors (Lipinski definition) is 6. The Hall–Kier alpha value is -3.36. The highest BCUT2D eigenvalue weighted by molar-refractivity contribution is 7.92. The lowest BCUT2D eigenvalue weighted by molar-refractivity contribution is 0.0526. The predicted octanol–water partition coefficient (Wildman–Crippen LogP) is 2.41. The number of ether oxygens (including phenoxy) is 1. The zero-order valence-electron chi connectivity index (χ0n) is 13.2. The fraction of sp³-hybridized carbons (Fsp3) is 0.118. The van der Waals surface area contributed by atoms with Gasteiger partial charge in [-0.2, -0.15) is 10.5 Å². The van der Waals surface area contributed by atoms with Gasteiger partial charge in [-0.05, 0) is 43.3 Å². The van der Waals surface area contributed by atoms with Gasteiger partial charge in [0.1, 0.15) is 17.0 Å². The summed E-state index contributed by atoms with van der Waals surface area (Å²) in [5.41, 5.74) is 0.247. The summed E-state index contributed by atoms with van der Waals surface area (Å²) in [5.74, 6) is -0.509. The Kier molecular flexibility index (Phi) is 5.38. The van der Waals surface area contributed by atoms with Crippen molar-refractivity contribution in [2.75, 3.05) is 11.3 Å².